The van der Waals surface area contributed by atoms with Crippen LogP contribution in [0.4, 0.5) is 5.69 Å². The Hall–Kier alpha value is -4.32. The lowest BCUT2D eigenvalue weighted by molar-refractivity contribution is 0.0737. The van der Waals surface area contributed by atoms with Gasteiger partial charge in [-0.3, -0.25) is 14.7 Å². The predicted octanol–water partition coefficient (Wildman–Crippen LogP) is 6.20. The Kier molecular flexibility index (Phi) is 6.94. The summed E-state index contributed by atoms with van der Waals surface area (Å²) in [6, 6.07) is 41.1. The minimum absolute atomic E-state index is 0.0428. The summed E-state index contributed by atoms with van der Waals surface area (Å²) in [5.74, 6) is -0.0428. The maximum Gasteiger partial charge on any atom is 0.272 e. The Morgan fingerprint density at radius 2 is 1.24 bits per heavy atom. The molecule has 0 unspecified atom stereocenters. The number of hydrogen-bond donors (Lipinski definition) is 0. The molecule has 2 heterocycles. The molecule has 1 saturated heterocycles. The molecule has 1 amide bonds. The van der Waals surface area contributed by atoms with Crippen LogP contribution in [0.3, 0.4) is 0 Å². The number of nitrogens with zero attached hydrogens (tertiary/aromatic N) is 4. The number of fused-ring (bicyclic) bond motifs is 1. The number of carbonyl (C=O) groups is 1. The molecule has 0 N–H and O–H groups in total. The molecule has 0 aliphatic carbocycles. The fourth-order valence-corrected chi connectivity index (χ4v) is 5.34. The van der Waals surface area contributed by atoms with Crippen molar-refractivity contribution in [1.29, 1.82) is 0 Å². The second-order valence-corrected chi connectivity index (χ2v) is 9.58. The molecule has 5 nitrogen and oxygen atoms in total. The third kappa shape index (κ3) is 4.94. The lowest BCUT2D eigenvalue weighted by Gasteiger charge is -2.43. The summed E-state index contributed by atoms with van der Waals surface area (Å²) in [5.41, 5.74) is 4.93. The minimum atomic E-state index is -0.0428. The van der Waals surface area contributed by atoms with Crippen molar-refractivity contribution < 1.29 is 4.79 Å². The number of amides is 1. The number of benzene rings is 4. The highest BCUT2D eigenvalue weighted by Crippen LogP contribution is 2.31. The van der Waals surface area contributed by atoms with Crippen molar-refractivity contribution in [2.24, 2.45) is 0 Å². The molecule has 1 aliphatic heterocycles. The molecule has 5 aromatic rings. The van der Waals surface area contributed by atoms with Crippen molar-refractivity contribution in [3.8, 4) is 0 Å². The van der Waals surface area contributed by atoms with Gasteiger partial charge in [0.2, 0.25) is 0 Å². The molecule has 0 spiro atoms. The van der Waals surface area contributed by atoms with Gasteiger partial charge in [0.15, 0.2) is 0 Å². The number of rotatable bonds is 6. The maximum atomic E-state index is 13.9. The van der Waals surface area contributed by atoms with Gasteiger partial charge in [0.05, 0.1) is 23.4 Å². The highest BCUT2D eigenvalue weighted by Gasteiger charge is 2.32. The van der Waals surface area contributed by atoms with Crippen LogP contribution in [0, 0.1) is 0 Å². The van der Waals surface area contributed by atoms with Crippen LogP contribution in [0.25, 0.3) is 10.9 Å². The van der Waals surface area contributed by atoms with E-state index in [0.717, 1.165) is 42.8 Å². The van der Waals surface area contributed by atoms with E-state index < -0.39 is 0 Å². The van der Waals surface area contributed by atoms with Gasteiger partial charge in [-0.25, -0.2) is 10.0 Å². The molecule has 1 aliphatic rings. The molecular formula is C33H30N4O. The molecule has 0 atom stereocenters. The molecule has 5 heteroatoms. The number of piperazine rings is 1. The van der Waals surface area contributed by atoms with Crippen molar-refractivity contribution in [3.05, 3.63) is 144 Å². The standard InChI is InChI=1S/C33H30N4O/c38-33(28-16-8-3-9-17-28)37(30-24-29-18-10-11-19-31(29)34-25-30)36-22-20-35(21-23-36)32(26-12-4-1-5-13-26)27-14-6-2-7-15-27/h1-19,24-25,32H,20-23H2. The van der Waals surface area contributed by atoms with E-state index in [-0.39, 0.29) is 11.9 Å². The van der Waals surface area contributed by atoms with Crippen molar-refractivity contribution in [3.63, 3.8) is 0 Å². The van der Waals surface area contributed by atoms with Crippen molar-refractivity contribution in [2.75, 3.05) is 31.2 Å². The molecule has 38 heavy (non-hydrogen) atoms. The van der Waals surface area contributed by atoms with Gasteiger partial charge in [-0.2, -0.15) is 0 Å². The smallest absolute Gasteiger partial charge is 0.272 e. The van der Waals surface area contributed by atoms with Crippen LogP contribution >= 0.6 is 0 Å². The lowest BCUT2D eigenvalue weighted by atomic mass is 9.96. The first kappa shape index (κ1) is 24.0. The van der Waals surface area contributed by atoms with E-state index in [1.165, 1.54) is 11.1 Å². The number of anilines is 1. The van der Waals surface area contributed by atoms with Gasteiger partial charge >= 0.3 is 0 Å². The quantitative estimate of drug-likeness (QED) is 0.279. The lowest BCUT2D eigenvalue weighted by Crippen LogP contribution is -2.56. The molecule has 0 saturated carbocycles. The van der Waals surface area contributed by atoms with Crippen LogP contribution in [-0.4, -0.2) is 47.0 Å². The van der Waals surface area contributed by atoms with Crippen LogP contribution < -0.4 is 5.01 Å². The highest BCUT2D eigenvalue weighted by molar-refractivity contribution is 6.06. The first-order valence-corrected chi connectivity index (χ1v) is 13.1. The van der Waals surface area contributed by atoms with E-state index in [9.17, 15) is 4.79 Å². The monoisotopic (exact) mass is 498 g/mol. The number of carbonyl (C=O) groups excluding carboxylic acids is 1. The Labute approximate surface area is 223 Å². The summed E-state index contributed by atoms with van der Waals surface area (Å²) in [5, 5.41) is 5.01. The van der Waals surface area contributed by atoms with Crippen LogP contribution in [0.5, 0.6) is 0 Å². The number of para-hydroxylation sites is 1. The summed E-state index contributed by atoms with van der Waals surface area (Å²) in [4.78, 5) is 21.1. The van der Waals surface area contributed by atoms with E-state index in [4.69, 9.17) is 0 Å². The van der Waals surface area contributed by atoms with Gasteiger partial charge in [-0.1, -0.05) is 97.1 Å². The Balaban J connectivity index is 1.30. The normalized spacial score (nSPS) is 14.6. The largest absolute Gasteiger partial charge is 0.290 e. The van der Waals surface area contributed by atoms with Crippen LogP contribution in [0.2, 0.25) is 0 Å². The van der Waals surface area contributed by atoms with Gasteiger partial charge in [0.1, 0.15) is 0 Å². The summed E-state index contributed by atoms with van der Waals surface area (Å²) < 4.78 is 0. The minimum Gasteiger partial charge on any atom is -0.290 e. The van der Waals surface area contributed by atoms with Gasteiger partial charge in [-0.05, 0) is 35.4 Å². The van der Waals surface area contributed by atoms with E-state index in [1.54, 1.807) is 0 Å². The van der Waals surface area contributed by atoms with Gasteiger partial charge in [0, 0.05) is 37.1 Å². The van der Waals surface area contributed by atoms with E-state index in [0.29, 0.717) is 5.56 Å². The Morgan fingerprint density at radius 1 is 0.684 bits per heavy atom. The molecule has 1 fully saturated rings. The summed E-state index contributed by atoms with van der Waals surface area (Å²) in [6.07, 6.45) is 1.81. The predicted molar refractivity (Wildman–Crippen MR) is 153 cm³/mol. The Morgan fingerprint density at radius 3 is 1.87 bits per heavy atom. The molecular weight excluding hydrogens is 468 g/mol. The highest BCUT2D eigenvalue weighted by atomic mass is 16.2. The van der Waals surface area contributed by atoms with Gasteiger partial charge in [0.25, 0.3) is 5.91 Å². The number of hydrogen-bond acceptors (Lipinski definition) is 4. The van der Waals surface area contributed by atoms with Gasteiger partial charge < -0.3 is 0 Å². The van der Waals surface area contributed by atoms with E-state index in [2.05, 4.69) is 81.6 Å². The van der Waals surface area contributed by atoms with Crippen LogP contribution in [-0.2, 0) is 0 Å². The number of pyridine rings is 1. The second kappa shape index (κ2) is 11.0. The topological polar surface area (TPSA) is 39.7 Å². The average molecular weight is 499 g/mol. The maximum absolute atomic E-state index is 13.9. The molecule has 0 bridgehead atoms. The third-order valence-corrected chi connectivity index (χ3v) is 7.20. The zero-order chi connectivity index (χ0) is 25.7. The molecule has 188 valence electrons. The SMILES string of the molecule is O=C(c1ccccc1)N(c1cnc2ccccc2c1)N1CCN(C(c2ccccc2)c2ccccc2)CC1. The first-order valence-electron chi connectivity index (χ1n) is 13.1. The van der Waals surface area contributed by atoms with Crippen molar-refractivity contribution in [1.82, 2.24) is 14.9 Å². The van der Waals surface area contributed by atoms with Crippen LogP contribution in [0.15, 0.2) is 128 Å². The summed E-state index contributed by atoms with van der Waals surface area (Å²) in [7, 11) is 0. The van der Waals surface area contributed by atoms with Crippen LogP contribution in [0.1, 0.15) is 27.5 Å². The molecule has 4 aromatic carbocycles. The zero-order valence-corrected chi connectivity index (χ0v) is 21.2. The van der Waals surface area contributed by atoms with Crippen molar-refractivity contribution >= 4 is 22.5 Å². The fraction of sp³-hybridized carbons (Fsp3) is 0.152. The molecule has 6 rings (SSSR count). The Bertz CT molecular complexity index is 1460. The van der Waals surface area contributed by atoms with Crippen molar-refractivity contribution in [2.45, 2.75) is 6.04 Å². The average Bonchev–Trinajstić information content (AvgIpc) is 3.00. The number of aromatic nitrogens is 1. The summed E-state index contributed by atoms with van der Waals surface area (Å²) >= 11 is 0. The fourth-order valence-electron chi connectivity index (χ4n) is 5.34. The van der Waals surface area contributed by atoms with E-state index >= 15 is 0 Å². The molecule has 0 radical (unpaired) electrons. The third-order valence-electron chi connectivity index (χ3n) is 7.20. The second-order valence-electron chi connectivity index (χ2n) is 9.58. The number of hydrazine groups is 1. The zero-order valence-electron chi connectivity index (χ0n) is 21.2. The first-order chi connectivity index (χ1) is 18.8. The summed E-state index contributed by atoms with van der Waals surface area (Å²) in [6.45, 7) is 3.10. The van der Waals surface area contributed by atoms with E-state index in [1.807, 2.05) is 65.8 Å². The van der Waals surface area contributed by atoms with Gasteiger partial charge in [-0.15, -0.1) is 0 Å². The molecule has 1 aromatic heterocycles.